The van der Waals surface area contributed by atoms with Gasteiger partial charge in [-0.2, -0.15) is 0 Å². The Morgan fingerprint density at radius 1 is 1.13 bits per heavy atom. The van der Waals surface area contributed by atoms with Crippen LogP contribution in [-0.2, 0) is 0 Å². The lowest BCUT2D eigenvalue weighted by atomic mass is 9.98. The van der Waals surface area contributed by atoms with E-state index in [0.717, 1.165) is 5.92 Å². The highest BCUT2D eigenvalue weighted by atomic mass is 14.0. The third-order valence-corrected chi connectivity index (χ3v) is 2.71. The van der Waals surface area contributed by atoms with Gasteiger partial charge in [-0.3, -0.25) is 0 Å². The Morgan fingerprint density at radius 2 is 1.73 bits per heavy atom. The van der Waals surface area contributed by atoms with Crippen LogP contribution in [0.4, 0.5) is 0 Å². The fraction of sp³-hybridized carbons (Fsp3) is 0.600. The first-order valence-corrected chi connectivity index (χ1v) is 5.89. The van der Waals surface area contributed by atoms with Crippen molar-refractivity contribution in [1.82, 2.24) is 0 Å². The lowest BCUT2D eigenvalue weighted by molar-refractivity contribution is 0.544. The van der Waals surface area contributed by atoms with Crippen LogP contribution in [0.1, 0.15) is 53.9 Å². The molecule has 0 heteroatoms. The van der Waals surface area contributed by atoms with E-state index in [1.165, 1.54) is 36.0 Å². The van der Waals surface area contributed by atoms with Crippen LogP contribution >= 0.6 is 0 Å². The molecule has 0 spiro atoms. The Labute approximate surface area is 95.8 Å². The van der Waals surface area contributed by atoms with Crippen LogP contribution in [-0.4, -0.2) is 0 Å². The highest BCUT2D eigenvalue weighted by molar-refractivity contribution is 5.23. The standard InChI is InChI=1S/C15H26/c1-12(2)8-7-9-14(5)10-11-15(6)13(3)4/h8,11,14H,3,7,9-10H2,1-2,4-6H3/b15-11+. The average Bonchev–Trinajstić information content (AvgIpc) is 2.13. The third-order valence-electron chi connectivity index (χ3n) is 2.71. The van der Waals surface area contributed by atoms with E-state index in [0.29, 0.717) is 0 Å². The molecule has 0 radical (unpaired) electrons. The van der Waals surface area contributed by atoms with Gasteiger partial charge in [-0.25, -0.2) is 0 Å². The second-order valence-corrected chi connectivity index (χ2v) is 4.87. The molecule has 0 fully saturated rings. The predicted octanol–water partition coefficient (Wildman–Crippen LogP) is 5.28. The number of rotatable bonds is 6. The maximum Gasteiger partial charge on any atom is -0.0319 e. The van der Waals surface area contributed by atoms with Gasteiger partial charge < -0.3 is 0 Å². The zero-order valence-corrected chi connectivity index (χ0v) is 11.1. The van der Waals surface area contributed by atoms with E-state index < -0.39 is 0 Å². The Morgan fingerprint density at radius 3 is 2.20 bits per heavy atom. The van der Waals surface area contributed by atoms with Gasteiger partial charge in [0, 0.05) is 0 Å². The molecule has 0 heterocycles. The minimum Gasteiger partial charge on any atom is -0.0959 e. The van der Waals surface area contributed by atoms with Crippen LogP contribution < -0.4 is 0 Å². The molecule has 0 aromatic carbocycles. The van der Waals surface area contributed by atoms with Crippen LogP contribution in [0, 0.1) is 5.92 Å². The summed E-state index contributed by atoms with van der Waals surface area (Å²) in [5.74, 6) is 0.773. The van der Waals surface area contributed by atoms with Crippen molar-refractivity contribution in [2.24, 2.45) is 5.92 Å². The summed E-state index contributed by atoms with van der Waals surface area (Å²) in [7, 11) is 0. The largest absolute Gasteiger partial charge is 0.0959 e. The molecule has 0 aromatic heterocycles. The maximum absolute atomic E-state index is 3.94. The normalized spacial score (nSPS) is 13.5. The van der Waals surface area contributed by atoms with E-state index in [1.54, 1.807) is 0 Å². The van der Waals surface area contributed by atoms with Crippen molar-refractivity contribution in [2.45, 2.75) is 53.9 Å². The molecule has 0 aliphatic carbocycles. The summed E-state index contributed by atoms with van der Waals surface area (Å²) in [5, 5.41) is 0. The first-order valence-electron chi connectivity index (χ1n) is 5.89. The summed E-state index contributed by atoms with van der Waals surface area (Å²) in [4.78, 5) is 0. The fourth-order valence-corrected chi connectivity index (χ4v) is 1.33. The van der Waals surface area contributed by atoms with Crippen molar-refractivity contribution < 1.29 is 0 Å². The highest BCUT2D eigenvalue weighted by Crippen LogP contribution is 2.15. The van der Waals surface area contributed by atoms with Gasteiger partial charge in [0.15, 0.2) is 0 Å². The van der Waals surface area contributed by atoms with E-state index >= 15 is 0 Å². The summed E-state index contributed by atoms with van der Waals surface area (Å²) < 4.78 is 0. The molecule has 1 unspecified atom stereocenters. The SMILES string of the molecule is C=C(C)/C(C)=C/CC(C)CCC=C(C)C. The minimum absolute atomic E-state index is 0.773. The smallest absolute Gasteiger partial charge is 0.0319 e. The Hall–Kier alpha value is -0.780. The van der Waals surface area contributed by atoms with Crippen molar-refractivity contribution in [1.29, 1.82) is 0 Å². The van der Waals surface area contributed by atoms with Crippen LogP contribution in [0.15, 0.2) is 35.5 Å². The maximum atomic E-state index is 3.94. The highest BCUT2D eigenvalue weighted by Gasteiger charge is 1.99. The summed E-state index contributed by atoms with van der Waals surface area (Å²) >= 11 is 0. The van der Waals surface area contributed by atoms with Crippen molar-refractivity contribution in [2.75, 3.05) is 0 Å². The zero-order valence-electron chi connectivity index (χ0n) is 11.1. The molecule has 1 atom stereocenters. The number of hydrogen-bond donors (Lipinski definition) is 0. The summed E-state index contributed by atoms with van der Waals surface area (Å²) in [6, 6.07) is 0. The van der Waals surface area contributed by atoms with Crippen molar-refractivity contribution >= 4 is 0 Å². The first kappa shape index (κ1) is 14.2. The van der Waals surface area contributed by atoms with Crippen molar-refractivity contribution in [3.8, 4) is 0 Å². The van der Waals surface area contributed by atoms with Crippen LogP contribution in [0.5, 0.6) is 0 Å². The van der Waals surface area contributed by atoms with Crippen LogP contribution in [0.2, 0.25) is 0 Å². The molecule has 0 nitrogen and oxygen atoms in total. The molecule has 86 valence electrons. The molecule has 0 bridgehead atoms. The van der Waals surface area contributed by atoms with Crippen molar-refractivity contribution in [3.05, 3.63) is 35.5 Å². The molecule has 0 N–H and O–H groups in total. The van der Waals surface area contributed by atoms with Gasteiger partial charge in [0.05, 0.1) is 0 Å². The Balaban J connectivity index is 3.85. The van der Waals surface area contributed by atoms with E-state index in [1.807, 2.05) is 0 Å². The molecular weight excluding hydrogens is 180 g/mol. The monoisotopic (exact) mass is 206 g/mol. The van der Waals surface area contributed by atoms with Crippen molar-refractivity contribution in [3.63, 3.8) is 0 Å². The Bertz CT molecular complexity index is 249. The first-order chi connectivity index (χ1) is 6.93. The molecule has 0 aliphatic rings. The molecule has 0 saturated carbocycles. The zero-order chi connectivity index (χ0) is 11.8. The summed E-state index contributed by atoms with van der Waals surface area (Å²) in [6.45, 7) is 14.8. The van der Waals surface area contributed by atoms with E-state index in [4.69, 9.17) is 0 Å². The predicted molar refractivity (Wildman–Crippen MR) is 71.0 cm³/mol. The molecule has 0 aromatic rings. The van der Waals surface area contributed by atoms with Gasteiger partial charge in [-0.15, -0.1) is 0 Å². The van der Waals surface area contributed by atoms with E-state index in [-0.39, 0.29) is 0 Å². The molecule has 0 saturated heterocycles. The van der Waals surface area contributed by atoms with Gasteiger partial charge in [0.2, 0.25) is 0 Å². The van der Waals surface area contributed by atoms with Crippen LogP contribution in [0.25, 0.3) is 0 Å². The van der Waals surface area contributed by atoms with Gasteiger partial charge >= 0.3 is 0 Å². The van der Waals surface area contributed by atoms with E-state index in [9.17, 15) is 0 Å². The summed E-state index contributed by atoms with van der Waals surface area (Å²) in [5.41, 5.74) is 3.95. The van der Waals surface area contributed by atoms with Gasteiger partial charge in [0.25, 0.3) is 0 Å². The second-order valence-electron chi connectivity index (χ2n) is 4.87. The van der Waals surface area contributed by atoms with Gasteiger partial charge in [0.1, 0.15) is 0 Å². The second kappa shape index (κ2) is 7.50. The topological polar surface area (TPSA) is 0 Å². The quantitative estimate of drug-likeness (QED) is 0.409. The average molecular weight is 206 g/mol. The lowest BCUT2D eigenvalue weighted by Gasteiger charge is -2.08. The molecule has 0 rings (SSSR count). The molecule has 15 heavy (non-hydrogen) atoms. The van der Waals surface area contributed by atoms with E-state index in [2.05, 4.69) is 53.3 Å². The Kier molecular flexibility index (Phi) is 7.11. The minimum atomic E-state index is 0.773. The molecule has 0 aliphatic heterocycles. The van der Waals surface area contributed by atoms with Gasteiger partial charge in [-0.1, -0.05) is 42.4 Å². The number of hydrogen-bond acceptors (Lipinski definition) is 0. The van der Waals surface area contributed by atoms with Gasteiger partial charge in [-0.05, 0) is 52.9 Å². The molecular formula is C15H26. The molecule has 0 amide bonds. The fourth-order valence-electron chi connectivity index (χ4n) is 1.33. The van der Waals surface area contributed by atoms with Crippen LogP contribution in [0.3, 0.4) is 0 Å². The number of allylic oxidation sites excluding steroid dienone is 5. The lowest BCUT2D eigenvalue weighted by Crippen LogP contribution is -1.92. The summed E-state index contributed by atoms with van der Waals surface area (Å²) in [6.07, 6.45) is 8.31. The third kappa shape index (κ3) is 8.23.